The molecule has 0 aliphatic heterocycles. The van der Waals surface area contributed by atoms with Gasteiger partial charge < -0.3 is 5.73 Å². The van der Waals surface area contributed by atoms with Crippen LogP contribution in [0.5, 0.6) is 0 Å². The molecule has 1 heterocycles. The van der Waals surface area contributed by atoms with Gasteiger partial charge in [0, 0.05) is 10.9 Å². The van der Waals surface area contributed by atoms with E-state index in [4.69, 9.17) is 5.73 Å². The highest BCUT2D eigenvalue weighted by atomic mass is 32.1. The summed E-state index contributed by atoms with van der Waals surface area (Å²) in [6.07, 6.45) is 0.926. The van der Waals surface area contributed by atoms with Gasteiger partial charge in [-0.25, -0.2) is 0 Å². The van der Waals surface area contributed by atoms with Gasteiger partial charge in [0.2, 0.25) is 0 Å². The first-order valence-electron chi connectivity index (χ1n) is 4.46. The first-order chi connectivity index (χ1) is 6.90. The summed E-state index contributed by atoms with van der Waals surface area (Å²) in [5.41, 5.74) is 8.79. The van der Waals surface area contributed by atoms with Gasteiger partial charge >= 0.3 is 0 Å². The Morgan fingerprint density at radius 2 is 2.00 bits per heavy atom. The van der Waals surface area contributed by atoms with Gasteiger partial charge in [-0.3, -0.25) is 0 Å². The van der Waals surface area contributed by atoms with Crippen LogP contribution in [0.4, 0.5) is 0 Å². The molecule has 2 aromatic rings. The van der Waals surface area contributed by atoms with Gasteiger partial charge in [-0.15, -0.1) is 5.10 Å². The van der Waals surface area contributed by atoms with Crippen LogP contribution in [0.25, 0.3) is 11.3 Å². The first kappa shape index (κ1) is 9.30. The molecule has 72 valence electrons. The van der Waals surface area contributed by atoms with Crippen molar-refractivity contribution in [1.82, 2.24) is 9.59 Å². The van der Waals surface area contributed by atoms with E-state index < -0.39 is 0 Å². The average molecular weight is 205 g/mol. The van der Waals surface area contributed by atoms with Crippen molar-refractivity contribution < 1.29 is 0 Å². The third-order valence-corrected chi connectivity index (χ3v) is 2.55. The van der Waals surface area contributed by atoms with Crippen molar-refractivity contribution in [2.75, 3.05) is 6.54 Å². The molecule has 3 nitrogen and oxygen atoms in total. The molecule has 0 atom stereocenters. The predicted molar refractivity (Wildman–Crippen MR) is 58.1 cm³/mol. The fraction of sp³-hybridized carbons (Fsp3) is 0.200. The van der Waals surface area contributed by atoms with Crippen LogP contribution in [0.15, 0.2) is 29.6 Å². The fourth-order valence-electron chi connectivity index (χ4n) is 1.30. The molecule has 14 heavy (non-hydrogen) atoms. The molecule has 0 radical (unpaired) electrons. The van der Waals surface area contributed by atoms with Gasteiger partial charge in [0.25, 0.3) is 0 Å². The molecular formula is C10H11N3S. The van der Waals surface area contributed by atoms with Gasteiger partial charge in [-0.1, -0.05) is 28.8 Å². The molecule has 0 unspecified atom stereocenters. The summed E-state index contributed by atoms with van der Waals surface area (Å²) in [6.45, 7) is 0.692. The van der Waals surface area contributed by atoms with Gasteiger partial charge in [0.15, 0.2) is 0 Å². The Morgan fingerprint density at radius 1 is 1.21 bits per heavy atom. The molecule has 1 aromatic carbocycles. The van der Waals surface area contributed by atoms with Crippen LogP contribution in [-0.2, 0) is 6.42 Å². The summed E-state index contributed by atoms with van der Waals surface area (Å²) < 4.78 is 3.83. The third kappa shape index (κ3) is 1.97. The molecule has 1 aromatic heterocycles. The summed E-state index contributed by atoms with van der Waals surface area (Å²) in [5.74, 6) is 0. The second-order valence-corrected chi connectivity index (χ2v) is 3.64. The van der Waals surface area contributed by atoms with Crippen molar-refractivity contribution in [3.63, 3.8) is 0 Å². The minimum atomic E-state index is 0.692. The Balaban J connectivity index is 2.22. The molecule has 0 aliphatic rings. The van der Waals surface area contributed by atoms with Crippen LogP contribution in [-0.4, -0.2) is 16.1 Å². The highest BCUT2D eigenvalue weighted by molar-refractivity contribution is 7.03. The van der Waals surface area contributed by atoms with Crippen LogP contribution in [0.1, 0.15) is 5.56 Å². The van der Waals surface area contributed by atoms with Crippen LogP contribution < -0.4 is 5.73 Å². The monoisotopic (exact) mass is 205 g/mol. The lowest BCUT2D eigenvalue weighted by molar-refractivity contribution is 0.969. The molecule has 0 saturated heterocycles. The molecule has 0 saturated carbocycles. The van der Waals surface area contributed by atoms with E-state index in [1.165, 1.54) is 17.1 Å². The Bertz CT molecular complexity index is 380. The second kappa shape index (κ2) is 4.30. The van der Waals surface area contributed by atoms with Crippen molar-refractivity contribution in [3.05, 3.63) is 35.2 Å². The summed E-state index contributed by atoms with van der Waals surface area (Å²) in [5, 5.41) is 5.95. The lowest BCUT2D eigenvalue weighted by Gasteiger charge is -1.99. The Hall–Kier alpha value is -1.26. The van der Waals surface area contributed by atoms with Crippen molar-refractivity contribution >= 4 is 11.5 Å². The Kier molecular flexibility index (Phi) is 2.86. The number of hydrogen-bond donors (Lipinski definition) is 1. The number of aromatic nitrogens is 2. The van der Waals surface area contributed by atoms with E-state index in [0.29, 0.717) is 6.54 Å². The van der Waals surface area contributed by atoms with Crippen molar-refractivity contribution in [1.29, 1.82) is 0 Å². The van der Waals surface area contributed by atoms with E-state index in [1.807, 2.05) is 5.38 Å². The zero-order chi connectivity index (χ0) is 9.80. The standard InChI is InChI=1S/C10H11N3S/c11-6-5-8-1-3-9(4-2-8)10-7-14-13-12-10/h1-4,7H,5-6,11H2. The van der Waals surface area contributed by atoms with E-state index >= 15 is 0 Å². The highest BCUT2D eigenvalue weighted by Gasteiger charge is 1.99. The summed E-state index contributed by atoms with van der Waals surface area (Å²) in [7, 11) is 0. The van der Waals surface area contributed by atoms with Crippen molar-refractivity contribution in [3.8, 4) is 11.3 Å². The van der Waals surface area contributed by atoms with E-state index in [-0.39, 0.29) is 0 Å². The molecule has 0 aliphatic carbocycles. The second-order valence-electron chi connectivity index (χ2n) is 3.03. The minimum Gasteiger partial charge on any atom is -0.330 e. The predicted octanol–water partition coefficient (Wildman–Crippen LogP) is 1.71. The van der Waals surface area contributed by atoms with Gasteiger partial charge in [-0.05, 0) is 30.1 Å². The molecule has 0 fully saturated rings. The van der Waals surface area contributed by atoms with Crippen LogP contribution >= 0.6 is 11.5 Å². The minimum absolute atomic E-state index is 0.692. The van der Waals surface area contributed by atoms with Crippen molar-refractivity contribution in [2.24, 2.45) is 5.73 Å². The summed E-state index contributed by atoms with van der Waals surface area (Å²) in [4.78, 5) is 0. The quantitative estimate of drug-likeness (QED) is 0.829. The van der Waals surface area contributed by atoms with E-state index in [2.05, 4.69) is 33.9 Å². The van der Waals surface area contributed by atoms with Gasteiger partial charge in [-0.2, -0.15) is 0 Å². The fourth-order valence-corrected chi connectivity index (χ4v) is 1.76. The lowest BCUT2D eigenvalue weighted by Crippen LogP contribution is -2.02. The first-order valence-corrected chi connectivity index (χ1v) is 5.30. The Labute approximate surface area is 86.7 Å². The van der Waals surface area contributed by atoms with E-state index in [9.17, 15) is 0 Å². The van der Waals surface area contributed by atoms with Gasteiger partial charge in [0.1, 0.15) is 5.69 Å². The zero-order valence-electron chi connectivity index (χ0n) is 7.68. The average Bonchev–Trinajstić information content (AvgIpc) is 2.72. The number of rotatable bonds is 3. The maximum Gasteiger partial charge on any atom is 0.105 e. The largest absolute Gasteiger partial charge is 0.330 e. The Morgan fingerprint density at radius 3 is 2.57 bits per heavy atom. The SMILES string of the molecule is NCCc1ccc(-c2csnn2)cc1. The molecular weight excluding hydrogens is 194 g/mol. The topological polar surface area (TPSA) is 51.8 Å². The molecule has 2 rings (SSSR count). The third-order valence-electron chi connectivity index (χ3n) is 2.04. The molecule has 0 bridgehead atoms. The summed E-state index contributed by atoms with van der Waals surface area (Å²) in [6, 6.07) is 8.28. The zero-order valence-corrected chi connectivity index (χ0v) is 8.50. The maximum atomic E-state index is 5.47. The van der Waals surface area contributed by atoms with Crippen LogP contribution in [0.2, 0.25) is 0 Å². The lowest BCUT2D eigenvalue weighted by atomic mass is 10.1. The van der Waals surface area contributed by atoms with E-state index in [0.717, 1.165) is 17.7 Å². The maximum absolute atomic E-state index is 5.47. The number of nitrogens with zero attached hydrogens (tertiary/aromatic N) is 2. The van der Waals surface area contributed by atoms with Crippen LogP contribution in [0.3, 0.4) is 0 Å². The smallest absolute Gasteiger partial charge is 0.105 e. The number of benzene rings is 1. The molecule has 0 amide bonds. The van der Waals surface area contributed by atoms with Crippen molar-refractivity contribution in [2.45, 2.75) is 6.42 Å². The molecule has 0 spiro atoms. The normalized spacial score (nSPS) is 10.4. The summed E-state index contributed by atoms with van der Waals surface area (Å²) >= 11 is 1.37. The van der Waals surface area contributed by atoms with Gasteiger partial charge in [0.05, 0.1) is 0 Å². The molecule has 2 N–H and O–H groups in total. The molecule has 4 heteroatoms. The van der Waals surface area contributed by atoms with Crippen LogP contribution in [0, 0.1) is 0 Å². The number of hydrogen-bond acceptors (Lipinski definition) is 4. The van der Waals surface area contributed by atoms with E-state index in [1.54, 1.807) is 0 Å². The number of nitrogens with two attached hydrogens (primary N) is 1. The highest BCUT2D eigenvalue weighted by Crippen LogP contribution is 2.17.